The molecule has 224 valence electrons. The van der Waals surface area contributed by atoms with Crippen molar-refractivity contribution >= 4 is 45.1 Å². The Morgan fingerprint density at radius 2 is 1.81 bits per heavy atom. The Bertz CT molecular complexity index is 1490. The number of nitrogens with one attached hydrogen (secondary N) is 3. The van der Waals surface area contributed by atoms with E-state index in [1.54, 1.807) is 75.6 Å². The Morgan fingerprint density at radius 1 is 1.10 bits per heavy atom. The monoisotopic (exact) mass is 614 g/mol. The molecule has 1 aliphatic heterocycles. The van der Waals surface area contributed by atoms with Crippen LogP contribution in [0.25, 0.3) is 0 Å². The summed E-state index contributed by atoms with van der Waals surface area (Å²) >= 11 is 6.62. The highest BCUT2D eigenvalue weighted by Crippen LogP contribution is 2.30. The topological polar surface area (TPSA) is 143 Å². The van der Waals surface area contributed by atoms with Crippen molar-refractivity contribution in [2.75, 3.05) is 29.9 Å². The summed E-state index contributed by atoms with van der Waals surface area (Å²) in [5.41, 5.74) is 0.191. The first-order valence-corrected chi connectivity index (χ1v) is 15.4. The third-order valence-electron chi connectivity index (χ3n) is 6.38. The maximum absolute atomic E-state index is 13.1. The number of carbonyl (C=O) groups is 2. The second-order valence-electron chi connectivity index (χ2n) is 10.9. The van der Waals surface area contributed by atoms with Gasteiger partial charge in [0.2, 0.25) is 16.0 Å². The van der Waals surface area contributed by atoms with E-state index in [-0.39, 0.29) is 23.0 Å². The van der Waals surface area contributed by atoms with Crippen LogP contribution in [0.15, 0.2) is 71.9 Å². The second-order valence-corrected chi connectivity index (χ2v) is 13.0. The van der Waals surface area contributed by atoms with Crippen LogP contribution in [-0.2, 0) is 19.6 Å². The van der Waals surface area contributed by atoms with Crippen molar-refractivity contribution in [3.05, 3.63) is 77.6 Å². The zero-order valence-electron chi connectivity index (χ0n) is 23.7. The number of hydrogen-bond acceptors (Lipinski definition) is 9. The minimum Gasteiger partial charge on any atom is -0.459 e. The number of aromatic nitrogens is 2. The van der Waals surface area contributed by atoms with Crippen LogP contribution >= 0.6 is 11.6 Å². The largest absolute Gasteiger partial charge is 0.459 e. The van der Waals surface area contributed by atoms with Gasteiger partial charge in [0.25, 0.3) is 5.91 Å². The molecule has 2 atom stereocenters. The number of hydrogen-bond donors (Lipinski definition) is 3. The lowest BCUT2D eigenvalue weighted by Crippen LogP contribution is -2.50. The smallest absolute Gasteiger partial charge is 0.326 e. The van der Waals surface area contributed by atoms with Crippen LogP contribution < -0.4 is 20.3 Å². The molecule has 11 nitrogen and oxygen atoms in total. The zero-order valence-corrected chi connectivity index (χ0v) is 25.3. The van der Waals surface area contributed by atoms with Gasteiger partial charge in [-0.25, -0.2) is 18.4 Å². The summed E-state index contributed by atoms with van der Waals surface area (Å²) in [5, 5.41) is 6.38. The molecule has 0 saturated carbocycles. The minimum absolute atomic E-state index is 0.0151. The summed E-state index contributed by atoms with van der Waals surface area (Å²) in [4.78, 5) is 36.5. The number of amides is 1. The normalized spacial score (nSPS) is 16.4. The fraction of sp³-hybridized carbons (Fsp3) is 0.379. The summed E-state index contributed by atoms with van der Waals surface area (Å²) in [7, 11) is -4.06. The predicted molar refractivity (Wildman–Crippen MR) is 161 cm³/mol. The summed E-state index contributed by atoms with van der Waals surface area (Å²) in [6, 6.07) is 13.2. The molecule has 1 aromatic heterocycles. The fourth-order valence-corrected chi connectivity index (χ4v) is 5.98. The molecule has 42 heavy (non-hydrogen) atoms. The highest BCUT2D eigenvalue weighted by molar-refractivity contribution is 7.89. The van der Waals surface area contributed by atoms with Gasteiger partial charge < -0.3 is 20.3 Å². The maximum atomic E-state index is 13.1. The van der Waals surface area contributed by atoms with Gasteiger partial charge in [0.1, 0.15) is 11.6 Å². The molecule has 4 rings (SSSR count). The quantitative estimate of drug-likeness (QED) is 0.292. The summed E-state index contributed by atoms with van der Waals surface area (Å²) in [6.45, 7) is 6.17. The van der Waals surface area contributed by atoms with Gasteiger partial charge in [0.15, 0.2) is 0 Å². The van der Waals surface area contributed by atoms with Crippen LogP contribution in [0.5, 0.6) is 0 Å². The van der Waals surface area contributed by atoms with Crippen molar-refractivity contribution in [2.45, 2.75) is 56.2 Å². The third kappa shape index (κ3) is 8.63. The minimum atomic E-state index is -4.06. The summed E-state index contributed by atoms with van der Waals surface area (Å²) in [6.07, 6.45) is 5.27. The van der Waals surface area contributed by atoms with Crippen molar-refractivity contribution in [3.8, 4) is 0 Å². The Morgan fingerprint density at radius 3 is 2.48 bits per heavy atom. The molecule has 0 aliphatic carbocycles. The Labute approximate surface area is 251 Å². The van der Waals surface area contributed by atoms with Crippen molar-refractivity contribution in [1.29, 1.82) is 0 Å². The highest BCUT2D eigenvalue weighted by Gasteiger charge is 2.30. The molecule has 0 radical (unpaired) electrons. The molecule has 3 aromatic rings. The van der Waals surface area contributed by atoms with E-state index in [2.05, 4.69) is 30.2 Å². The lowest BCUT2D eigenvalue weighted by atomic mass is 10.0. The number of esters is 1. The van der Waals surface area contributed by atoms with Gasteiger partial charge in [0, 0.05) is 43.6 Å². The average Bonchev–Trinajstić information content (AvgIpc) is 2.95. The first-order valence-electron chi connectivity index (χ1n) is 13.6. The van der Waals surface area contributed by atoms with Crippen molar-refractivity contribution in [3.63, 3.8) is 0 Å². The average molecular weight is 615 g/mol. The van der Waals surface area contributed by atoms with Gasteiger partial charge in [-0.3, -0.25) is 9.59 Å². The second kappa shape index (κ2) is 13.5. The van der Waals surface area contributed by atoms with Crippen LogP contribution in [0.3, 0.4) is 0 Å². The number of benzene rings is 2. The van der Waals surface area contributed by atoms with E-state index in [0.717, 1.165) is 25.1 Å². The fourth-order valence-electron chi connectivity index (χ4n) is 4.47. The van der Waals surface area contributed by atoms with Gasteiger partial charge in [-0.15, -0.1) is 0 Å². The molecule has 13 heteroatoms. The molecule has 2 aromatic carbocycles. The number of rotatable bonds is 10. The Hall–Kier alpha value is -3.74. The van der Waals surface area contributed by atoms with Gasteiger partial charge >= 0.3 is 5.97 Å². The summed E-state index contributed by atoms with van der Waals surface area (Å²) in [5.74, 6) is -0.765. The molecule has 1 amide bonds. The molecule has 0 bridgehead atoms. The van der Waals surface area contributed by atoms with E-state index in [1.807, 2.05) is 0 Å². The van der Waals surface area contributed by atoms with Gasteiger partial charge in [0.05, 0.1) is 15.6 Å². The van der Waals surface area contributed by atoms with E-state index >= 15 is 0 Å². The zero-order chi connectivity index (χ0) is 30.3. The third-order valence-corrected chi connectivity index (χ3v) is 8.17. The SMILES string of the molecule is CC(C)(C)OC(=O)C(CNC(=O)c1ccc(N2CCCC(Nc3ncccn3)C2)c(Cl)c1)NS(=O)(=O)c1ccccc1. The van der Waals surface area contributed by atoms with E-state index in [4.69, 9.17) is 16.3 Å². The maximum Gasteiger partial charge on any atom is 0.326 e. The first kappa shape index (κ1) is 31.2. The Kier molecular flexibility index (Phi) is 10.0. The van der Waals surface area contributed by atoms with E-state index in [0.29, 0.717) is 17.5 Å². The number of nitrogens with zero attached hydrogens (tertiary/aromatic N) is 3. The standard InChI is InChI=1S/C29H35ClN6O5S/c1-29(2,3)41-27(38)24(35-42(39,40)22-10-5-4-6-11-22)18-33-26(37)20-12-13-25(23(30)17-20)36-16-7-9-21(19-36)34-28-31-14-8-15-32-28/h4-6,8,10-15,17,21,24,35H,7,9,16,18-19H2,1-3H3,(H,33,37)(H,31,32,34). The van der Waals surface area contributed by atoms with Crippen molar-refractivity contribution in [2.24, 2.45) is 0 Å². The van der Waals surface area contributed by atoms with Crippen molar-refractivity contribution < 1.29 is 22.7 Å². The molecular formula is C29H35ClN6O5S. The molecule has 0 spiro atoms. The van der Waals surface area contributed by atoms with Crippen LogP contribution in [0.2, 0.25) is 5.02 Å². The predicted octanol–water partition coefficient (Wildman–Crippen LogP) is 3.63. The number of piperidine rings is 1. The highest BCUT2D eigenvalue weighted by atomic mass is 35.5. The lowest BCUT2D eigenvalue weighted by molar-refractivity contribution is -0.156. The van der Waals surface area contributed by atoms with Gasteiger partial charge in [-0.1, -0.05) is 29.8 Å². The van der Waals surface area contributed by atoms with E-state index < -0.39 is 33.5 Å². The van der Waals surface area contributed by atoms with Crippen LogP contribution in [0.4, 0.5) is 11.6 Å². The molecule has 1 aliphatic rings. The number of sulfonamides is 1. The molecule has 1 saturated heterocycles. The first-order chi connectivity index (χ1) is 19.9. The van der Waals surface area contributed by atoms with E-state index in [1.165, 1.54) is 12.1 Å². The molecule has 1 fully saturated rings. The van der Waals surface area contributed by atoms with Gasteiger partial charge in [-0.2, -0.15) is 4.72 Å². The van der Waals surface area contributed by atoms with Crippen LogP contribution in [-0.4, -0.2) is 67.6 Å². The van der Waals surface area contributed by atoms with Crippen LogP contribution in [0, 0.1) is 0 Å². The van der Waals surface area contributed by atoms with Gasteiger partial charge in [-0.05, 0) is 70.0 Å². The van der Waals surface area contributed by atoms with Crippen LogP contribution in [0.1, 0.15) is 44.0 Å². The Balaban J connectivity index is 1.42. The number of halogens is 1. The number of anilines is 2. The number of ether oxygens (including phenoxy) is 1. The number of carbonyl (C=O) groups excluding carboxylic acids is 2. The lowest BCUT2D eigenvalue weighted by Gasteiger charge is -2.35. The van der Waals surface area contributed by atoms with Crippen molar-refractivity contribution in [1.82, 2.24) is 20.0 Å². The molecule has 3 N–H and O–H groups in total. The molecular weight excluding hydrogens is 580 g/mol. The molecule has 2 heterocycles. The summed E-state index contributed by atoms with van der Waals surface area (Å²) < 4.78 is 33.6. The van der Waals surface area contributed by atoms with E-state index in [9.17, 15) is 18.0 Å². The molecule has 2 unspecified atom stereocenters.